The highest BCUT2D eigenvalue weighted by molar-refractivity contribution is 8.33. The minimum absolute atomic E-state index is 0.0597. The molecule has 1 amide bonds. The highest BCUT2D eigenvalue weighted by atomic mass is 32.3. The third-order valence-electron chi connectivity index (χ3n) is 7.13. The third kappa shape index (κ3) is 3.54. The van der Waals surface area contributed by atoms with Gasteiger partial charge in [0.1, 0.15) is 17.5 Å². The second-order valence-electron chi connectivity index (χ2n) is 9.76. The molecule has 32 heavy (non-hydrogen) atoms. The predicted molar refractivity (Wildman–Crippen MR) is 130 cm³/mol. The molecule has 170 valence electrons. The van der Waals surface area contributed by atoms with E-state index in [4.69, 9.17) is 4.98 Å². The summed E-state index contributed by atoms with van der Waals surface area (Å²) in [6.45, 7) is 0. The molecule has 8 heteroatoms. The molecule has 2 aliphatic rings. The molecular formula is C24H30FN5OS. The summed E-state index contributed by atoms with van der Waals surface area (Å²) in [5.74, 6) is 1.35. The molecule has 2 aliphatic carbocycles. The Bertz CT molecular complexity index is 1180. The summed E-state index contributed by atoms with van der Waals surface area (Å²) in [4.78, 5) is 18.2. The topological polar surface area (TPSA) is 71.3 Å². The summed E-state index contributed by atoms with van der Waals surface area (Å²) in [7, 11) is -1.07. The van der Waals surface area contributed by atoms with Gasteiger partial charge in [0.05, 0.1) is 10.9 Å². The van der Waals surface area contributed by atoms with Crippen LogP contribution in [0.1, 0.15) is 50.0 Å². The largest absolute Gasteiger partial charge is 0.340 e. The zero-order chi connectivity index (χ0) is 22.5. The summed E-state index contributed by atoms with van der Waals surface area (Å²) < 4.78 is 15.2. The molecule has 5 rings (SSSR count). The van der Waals surface area contributed by atoms with Gasteiger partial charge in [0.2, 0.25) is 5.91 Å². The maximum atomic E-state index is 13.8. The Morgan fingerprint density at radius 1 is 1.19 bits per heavy atom. The monoisotopic (exact) mass is 455 g/mol. The molecule has 2 N–H and O–H groups in total. The van der Waals surface area contributed by atoms with E-state index in [0.717, 1.165) is 43.3 Å². The number of rotatable bonds is 6. The van der Waals surface area contributed by atoms with E-state index in [1.54, 1.807) is 22.7 Å². The van der Waals surface area contributed by atoms with Crippen molar-refractivity contribution in [3.63, 3.8) is 0 Å². The van der Waals surface area contributed by atoms with Crippen LogP contribution in [0.5, 0.6) is 0 Å². The molecule has 0 aliphatic heterocycles. The average Bonchev–Trinajstić information content (AvgIpc) is 3.02. The van der Waals surface area contributed by atoms with Gasteiger partial charge in [0.15, 0.2) is 5.65 Å². The van der Waals surface area contributed by atoms with E-state index < -0.39 is 10.0 Å². The number of nitrogens with one attached hydrogen (secondary N) is 2. The zero-order valence-corrected chi connectivity index (χ0v) is 19.6. The molecule has 0 saturated heterocycles. The normalized spacial score (nSPS) is 18.6. The number of amides is 1. The van der Waals surface area contributed by atoms with Crippen molar-refractivity contribution in [3.05, 3.63) is 47.9 Å². The predicted octanol–water partition coefficient (Wildman–Crippen LogP) is 5.43. The molecule has 2 heterocycles. The van der Waals surface area contributed by atoms with Gasteiger partial charge in [0, 0.05) is 17.3 Å². The molecule has 0 radical (unpaired) electrons. The van der Waals surface area contributed by atoms with Crippen molar-refractivity contribution in [1.82, 2.24) is 14.6 Å². The Morgan fingerprint density at radius 3 is 2.56 bits per heavy atom. The lowest BCUT2D eigenvalue weighted by Gasteiger charge is -2.53. The van der Waals surface area contributed by atoms with Gasteiger partial charge in [-0.25, -0.2) is 19.4 Å². The van der Waals surface area contributed by atoms with Crippen LogP contribution < -0.4 is 10.6 Å². The van der Waals surface area contributed by atoms with Crippen molar-refractivity contribution in [2.24, 2.45) is 0 Å². The van der Waals surface area contributed by atoms with Crippen LogP contribution in [0.2, 0.25) is 0 Å². The van der Waals surface area contributed by atoms with E-state index in [9.17, 15) is 9.18 Å². The lowest BCUT2D eigenvalue weighted by molar-refractivity contribution is -0.120. The first-order chi connectivity index (χ1) is 15.3. The molecule has 0 spiro atoms. The number of nitrogens with zero attached hydrogens (tertiary/aromatic N) is 3. The Morgan fingerprint density at radius 2 is 1.97 bits per heavy atom. The quantitative estimate of drug-likeness (QED) is 0.520. The van der Waals surface area contributed by atoms with Crippen LogP contribution in [0, 0.1) is 5.82 Å². The summed E-state index contributed by atoms with van der Waals surface area (Å²) in [5, 5.41) is 11.0. The minimum Gasteiger partial charge on any atom is -0.340 e. The number of halogens is 1. The summed E-state index contributed by atoms with van der Waals surface area (Å²) in [5.41, 5.74) is 2.47. The van der Waals surface area contributed by atoms with Gasteiger partial charge in [-0.05, 0) is 75.0 Å². The van der Waals surface area contributed by atoms with Gasteiger partial charge < -0.3 is 10.6 Å². The number of aromatic nitrogens is 3. The van der Waals surface area contributed by atoms with Crippen molar-refractivity contribution in [2.75, 3.05) is 29.4 Å². The number of carbonyl (C=O) groups is 1. The van der Waals surface area contributed by atoms with Crippen LogP contribution in [0.4, 0.5) is 21.7 Å². The highest BCUT2D eigenvalue weighted by Crippen LogP contribution is 2.60. The maximum absolute atomic E-state index is 13.8. The molecule has 0 atom stereocenters. The van der Waals surface area contributed by atoms with Crippen molar-refractivity contribution in [3.8, 4) is 0 Å². The molecule has 2 saturated carbocycles. The van der Waals surface area contributed by atoms with Crippen molar-refractivity contribution in [2.45, 2.75) is 49.2 Å². The standard InChI is InChI=1S/C24H30FN5OS/c1-32(2,3)24(11-6-12-24)23(31)29-20-14-21(27-18-10-5-9-17(25)13-18)30-22(28-20)19(15-26-30)16-7-4-8-16/h5,9-10,13-16,27H,4,6-8,11-12H2,1-3H3,(H,28,29,31). The average molecular weight is 456 g/mol. The fourth-order valence-corrected chi connectivity index (χ4v) is 6.82. The molecule has 2 fully saturated rings. The molecule has 6 nitrogen and oxygen atoms in total. The van der Waals surface area contributed by atoms with Gasteiger partial charge in [0.25, 0.3) is 0 Å². The molecule has 0 bridgehead atoms. The first kappa shape index (κ1) is 21.2. The summed E-state index contributed by atoms with van der Waals surface area (Å²) in [6.07, 6.45) is 14.9. The third-order valence-corrected chi connectivity index (χ3v) is 10.1. The number of anilines is 3. The van der Waals surface area contributed by atoms with Crippen molar-refractivity contribution in [1.29, 1.82) is 0 Å². The lowest BCUT2D eigenvalue weighted by Crippen LogP contribution is -2.51. The van der Waals surface area contributed by atoms with Crippen LogP contribution in [0.25, 0.3) is 5.65 Å². The van der Waals surface area contributed by atoms with Gasteiger partial charge in [-0.2, -0.15) is 9.61 Å². The second-order valence-corrected chi connectivity index (χ2v) is 14.2. The fourth-order valence-electron chi connectivity index (χ4n) is 4.70. The van der Waals surface area contributed by atoms with Crippen LogP contribution in [0.15, 0.2) is 36.5 Å². The van der Waals surface area contributed by atoms with Crippen LogP contribution >= 0.6 is 10.0 Å². The van der Waals surface area contributed by atoms with Gasteiger partial charge >= 0.3 is 0 Å². The van der Waals surface area contributed by atoms with Crippen LogP contribution in [-0.2, 0) is 4.79 Å². The van der Waals surface area contributed by atoms with E-state index in [1.165, 1.54) is 18.6 Å². The number of benzene rings is 1. The number of hydrogen-bond donors (Lipinski definition) is 2. The van der Waals surface area contributed by atoms with Gasteiger partial charge in [-0.15, -0.1) is 0 Å². The van der Waals surface area contributed by atoms with E-state index >= 15 is 0 Å². The minimum atomic E-state index is -1.07. The van der Waals surface area contributed by atoms with Crippen molar-refractivity contribution < 1.29 is 9.18 Å². The first-order valence-electron chi connectivity index (χ1n) is 11.2. The van der Waals surface area contributed by atoms with E-state index in [-0.39, 0.29) is 16.5 Å². The lowest BCUT2D eigenvalue weighted by atomic mass is 9.81. The maximum Gasteiger partial charge on any atom is 0.240 e. The Kier molecular flexibility index (Phi) is 5.15. The highest BCUT2D eigenvalue weighted by Gasteiger charge is 2.50. The van der Waals surface area contributed by atoms with Gasteiger partial charge in [-0.1, -0.05) is 12.5 Å². The molecule has 1 aromatic carbocycles. The van der Waals surface area contributed by atoms with Crippen LogP contribution in [-0.4, -0.2) is 44.0 Å². The van der Waals surface area contributed by atoms with E-state index in [2.05, 4.69) is 34.5 Å². The van der Waals surface area contributed by atoms with Crippen molar-refractivity contribution >= 4 is 38.9 Å². The number of carbonyl (C=O) groups excluding carboxylic acids is 1. The molecular weight excluding hydrogens is 425 g/mol. The number of fused-ring (bicyclic) bond motifs is 1. The first-order valence-corrected chi connectivity index (χ1v) is 14.0. The molecule has 0 unspecified atom stereocenters. The summed E-state index contributed by atoms with van der Waals surface area (Å²) >= 11 is 0. The fraction of sp³-hybridized carbons (Fsp3) is 0.458. The van der Waals surface area contributed by atoms with Gasteiger partial charge in [-0.3, -0.25) is 4.79 Å². The Labute approximate surface area is 189 Å². The SMILES string of the molecule is CS(C)(C)C1(C(=O)Nc2cc(Nc3cccc(F)c3)n3ncc(C4CCC4)c3n2)CCC1. The van der Waals surface area contributed by atoms with E-state index in [0.29, 0.717) is 23.2 Å². The van der Waals surface area contributed by atoms with Crippen LogP contribution in [0.3, 0.4) is 0 Å². The Balaban J connectivity index is 1.54. The Hall–Kier alpha value is -2.61. The smallest absolute Gasteiger partial charge is 0.240 e. The van der Waals surface area contributed by atoms with E-state index in [1.807, 2.05) is 6.20 Å². The molecule has 3 aromatic rings. The molecule has 2 aromatic heterocycles. The number of hydrogen-bond acceptors (Lipinski definition) is 4. The zero-order valence-electron chi connectivity index (χ0n) is 18.8. The second kappa shape index (κ2) is 7.76. The summed E-state index contributed by atoms with van der Waals surface area (Å²) in [6, 6.07) is 8.10.